The van der Waals surface area contributed by atoms with Gasteiger partial charge in [0.2, 0.25) is 5.88 Å². The van der Waals surface area contributed by atoms with Crippen LogP contribution in [-0.4, -0.2) is 38.3 Å². The van der Waals surface area contributed by atoms with E-state index < -0.39 is 6.67 Å². The lowest BCUT2D eigenvalue weighted by molar-refractivity contribution is 0.202. The molecule has 0 radical (unpaired) electrons. The smallest absolute Gasteiger partial charge is 0.219 e. The van der Waals surface area contributed by atoms with E-state index in [-0.39, 0.29) is 0 Å². The van der Waals surface area contributed by atoms with Crippen molar-refractivity contribution >= 4 is 38.4 Å². The number of methoxy groups -OCH3 is 1. The molecule has 0 amide bonds. The molecule has 0 spiro atoms. The van der Waals surface area contributed by atoms with Gasteiger partial charge in [-0.05, 0) is 18.2 Å². The highest BCUT2D eigenvalue weighted by Gasteiger charge is 2.24. The van der Waals surface area contributed by atoms with Crippen molar-refractivity contribution < 1.29 is 9.13 Å². The van der Waals surface area contributed by atoms with Crippen LogP contribution in [0, 0.1) is 0 Å². The zero-order chi connectivity index (χ0) is 18.3. The third-order valence-electron chi connectivity index (χ3n) is 4.54. The molecule has 0 unspecified atom stereocenters. The van der Waals surface area contributed by atoms with E-state index in [4.69, 9.17) is 16.3 Å². The Labute approximate surface area is 163 Å². The quantitative estimate of drug-likeness (QED) is 0.619. The summed E-state index contributed by atoms with van der Waals surface area (Å²) in [5.74, 6) is 1.66. The van der Waals surface area contributed by atoms with Gasteiger partial charge in [-0.1, -0.05) is 27.5 Å². The monoisotopic (exact) mass is 439 g/mol. The minimum absolute atomic E-state index is 0.382. The minimum atomic E-state index is -0.601. The van der Waals surface area contributed by atoms with E-state index in [0.717, 1.165) is 33.3 Å². The molecule has 26 heavy (non-hydrogen) atoms. The van der Waals surface area contributed by atoms with Crippen LogP contribution >= 0.6 is 27.5 Å². The zero-order valence-electron chi connectivity index (χ0n) is 14.0. The van der Waals surface area contributed by atoms with E-state index in [2.05, 4.69) is 36.0 Å². The maximum atomic E-state index is 12.9. The van der Waals surface area contributed by atoms with Gasteiger partial charge >= 0.3 is 0 Å². The maximum Gasteiger partial charge on any atom is 0.219 e. The van der Waals surface area contributed by atoms with Gasteiger partial charge in [0, 0.05) is 35.1 Å². The van der Waals surface area contributed by atoms with Gasteiger partial charge in [0.1, 0.15) is 12.5 Å². The Morgan fingerprint density at radius 2 is 2.15 bits per heavy atom. The van der Waals surface area contributed by atoms with Gasteiger partial charge in [-0.2, -0.15) is 0 Å². The number of hydrogen-bond donors (Lipinski definition) is 0. The van der Waals surface area contributed by atoms with E-state index in [9.17, 15) is 4.39 Å². The van der Waals surface area contributed by atoms with Crippen LogP contribution in [0.4, 0.5) is 4.39 Å². The van der Waals surface area contributed by atoms with Crippen molar-refractivity contribution in [1.82, 2.24) is 24.6 Å². The average molecular weight is 441 g/mol. The van der Waals surface area contributed by atoms with Gasteiger partial charge in [0.15, 0.2) is 5.82 Å². The SMILES string of the molecule is COc1nc2ccc(Br)cc2c(Cl)c1CN1CCn2c(CF)nnc2C1. The van der Waals surface area contributed by atoms with Gasteiger partial charge in [-0.15, -0.1) is 10.2 Å². The number of pyridine rings is 1. The molecule has 0 saturated carbocycles. The van der Waals surface area contributed by atoms with Crippen LogP contribution in [0.1, 0.15) is 17.2 Å². The summed E-state index contributed by atoms with van der Waals surface area (Å²) in [6.07, 6.45) is 0. The van der Waals surface area contributed by atoms with E-state index in [1.807, 2.05) is 22.8 Å². The van der Waals surface area contributed by atoms with Crippen molar-refractivity contribution in [3.8, 4) is 5.88 Å². The van der Waals surface area contributed by atoms with Crippen LogP contribution < -0.4 is 4.74 Å². The number of rotatable bonds is 4. The Morgan fingerprint density at radius 1 is 1.31 bits per heavy atom. The summed E-state index contributed by atoms with van der Waals surface area (Å²) in [5.41, 5.74) is 1.61. The van der Waals surface area contributed by atoms with E-state index >= 15 is 0 Å². The second-order valence-corrected chi connectivity index (χ2v) is 7.40. The fourth-order valence-electron chi connectivity index (χ4n) is 3.25. The lowest BCUT2D eigenvalue weighted by Gasteiger charge is -2.28. The van der Waals surface area contributed by atoms with Crippen LogP contribution in [0.3, 0.4) is 0 Å². The molecule has 0 saturated heterocycles. The molecule has 0 atom stereocenters. The summed E-state index contributed by atoms with van der Waals surface area (Å²) in [5, 5.41) is 9.50. The lowest BCUT2D eigenvalue weighted by Crippen LogP contribution is -2.34. The Kier molecular flexibility index (Phi) is 4.81. The van der Waals surface area contributed by atoms with E-state index in [0.29, 0.717) is 36.4 Å². The van der Waals surface area contributed by atoms with Crippen LogP contribution in [0.15, 0.2) is 22.7 Å². The van der Waals surface area contributed by atoms with E-state index in [1.54, 1.807) is 7.11 Å². The number of alkyl halides is 1. The van der Waals surface area contributed by atoms with Crippen molar-refractivity contribution in [3.05, 3.63) is 44.9 Å². The van der Waals surface area contributed by atoms with Gasteiger partial charge in [0.05, 0.1) is 24.2 Å². The number of fused-ring (bicyclic) bond motifs is 2. The number of halogens is 3. The predicted molar refractivity (Wildman–Crippen MR) is 100.0 cm³/mol. The highest BCUT2D eigenvalue weighted by Crippen LogP contribution is 2.35. The molecule has 0 fully saturated rings. The Hall–Kier alpha value is -1.77. The highest BCUT2D eigenvalue weighted by molar-refractivity contribution is 9.10. The molecule has 136 valence electrons. The first-order valence-corrected chi connectivity index (χ1v) is 9.28. The third kappa shape index (κ3) is 3.06. The van der Waals surface area contributed by atoms with Crippen LogP contribution in [-0.2, 0) is 26.3 Å². The second kappa shape index (κ2) is 7.09. The molecule has 1 aromatic carbocycles. The fourth-order valence-corrected chi connectivity index (χ4v) is 3.90. The average Bonchev–Trinajstić information content (AvgIpc) is 3.06. The molecule has 6 nitrogen and oxygen atoms in total. The summed E-state index contributed by atoms with van der Waals surface area (Å²) in [6, 6.07) is 5.78. The molecule has 1 aliphatic heterocycles. The molecule has 4 rings (SSSR count). The Bertz CT molecular complexity index is 979. The lowest BCUT2D eigenvalue weighted by atomic mass is 10.1. The molecule has 1 aliphatic rings. The molecule has 3 heterocycles. The number of benzene rings is 1. The van der Waals surface area contributed by atoms with E-state index in [1.165, 1.54) is 0 Å². The van der Waals surface area contributed by atoms with Crippen LogP contribution in [0.2, 0.25) is 5.02 Å². The second-order valence-electron chi connectivity index (χ2n) is 6.10. The molecule has 2 aromatic heterocycles. The number of aromatic nitrogens is 4. The largest absolute Gasteiger partial charge is 0.481 e. The Balaban J connectivity index is 1.67. The predicted octanol–water partition coefficient (Wildman–Crippen LogP) is 3.74. The zero-order valence-corrected chi connectivity index (χ0v) is 16.4. The van der Waals surface area contributed by atoms with Crippen molar-refractivity contribution in [2.75, 3.05) is 13.7 Å². The van der Waals surface area contributed by atoms with Crippen molar-refractivity contribution in [1.29, 1.82) is 0 Å². The van der Waals surface area contributed by atoms with Crippen LogP contribution in [0.5, 0.6) is 5.88 Å². The normalized spacial score (nSPS) is 14.6. The molecule has 0 aliphatic carbocycles. The summed E-state index contributed by atoms with van der Waals surface area (Å²) in [6.45, 7) is 1.93. The topological polar surface area (TPSA) is 56.1 Å². The van der Waals surface area contributed by atoms with Gasteiger partial charge < -0.3 is 9.30 Å². The van der Waals surface area contributed by atoms with Gasteiger partial charge in [-0.25, -0.2) is 9.37 Å². The first-order valence-electron chi connectivity index (χ1n) is 8.11. The number of hydrogen-bond acceptors (Lipinski definition) is 5. The minimum Gasteiger partial charge on any atom is -0.481 e. The molecule has 3 aromatic rings. The molecule has 0 N–H and O–H groups in total. The molecule has 9 heteroatoms. The molecule has 0 bridgehead atoms. The summed E-state index contributed by atoms with van der Waals surface area (Å²) < 4.78 is 21.2. The first kappa shape index (κ1) is 17.6. The first-order chi connectivity index (χ1) is 12.6. The third-order valence-corrected chi connectivity index (χ3v) is 5.47. The Morgan fingerprint density at radius 3 is 2.92 bits per heavy atom. The van der Waals surface area contributed by atoms with Gasteiger partial charge in [0.25, 0.3) is 0 Å². The van der Waals surface area contributed by atoms with Gasteiger partial charge in [-0.3, -0.25) is 4.90 Å². The van der Waals surface area contributed by atoms with Crippen molar-refractivity contribution in [2.24, 2.45) is 0 Å². The van der Waals surface area contributed by atoms with Crippen LogP contribution in [0.25, 0.3) is 10.9 Å². The highest BCUT2D eigenvalue weighted by atomic mass is 79.9. The standard InChI is InChI=1S/C17H16BrClFN5O/c1-26-17-12(16(19)11-6-10(18)2-3-13(11)21-17)8-24-4-5-25-14(7-20)22-23-15(25)9-24/h2-3,6H,4-5,7-9H2,1H3. The van der Waals surface area contributed by atoms with Crippen molar-refractivity contribution in [3.63, 3.8) is 0 Å². The maximum absolute atomic E-state index is 12.9. The number of nitrogens with zero attached hydrogens (tertiary/aromatic N) is 5. The summed E-state index contributed by atoms with van der Waals surface area (Å²) >= 11 is 10.2. The fraction of sp³-hybridized carbons (Fsp3) is 0.353. The molecular weight excluding hydrogens is 425 g/mol. The van der Waals surface area contributed by atoms with Crippen molar-refractivity contribution in [2.45, 2.75) is 26.3 Å². The summed E-state index contributed by atoms with van der Waals surface area (Å²) in [7, 11) is 1.59. The number of ether oxygens (including phenoxy) is 1. The molecular formula is C17H16BrClFN5O. The summed E-state index contributed by atoms with van der Waals surface area (Å²) in [4.78, 5) is 6.77.